The number of aromatic nitrogens is 1. The Bertz CT molecular complexity index is 800. The molecule has 0 aliphatic carbocycles. The minimum atomic E-state index is -0.931. The number of nitrogens with one attached hydrogen (secondary N) is 1. The Morgan fingerprint density at radius 2 is 1.89 bits per heavy atom. The Morgan fingerprint density at radius 3 is 2.48 bits per heavy atom. The summed E-state index contributed by atoms with van der Waals surface area (Å²) in [5.74, 6) is -1.16. The van der Waals surface area contributed by atoms with Crippen LogP contribution < -0.4 is 5.32 Å². The van der Waals surface area contributed by atoms with E-state index in [1.165, 1.54) is 19.4 Å². The molecule has 1 aromatic carbocycles. The Balaban J connectivity index is 2.26. The van der Waals surface area contributed by atoms with E-state index in [1.54, 1.807) is 26.8 Å². The predicted molar refractivity (Wildman–Crippen MR) is 98.5 cm³/mol. The molecule has 1 amide bonds. The summed E-state index contributed by atoms with van der Waals surface area (Å²) in [6, 6.07) is 9.25. The fraction of sp³-hybridized carbons (Fsp3) is 0.350. The first-order chi connectivity index (χ1) is 12.7. The van der Waals surface area contributed by atoms with E-state index in [-0.39, 0.29) is 6.42 Å². The molecule has 0 aliphatic rings. The van der Waals surface area contributed by atoms with Crippen molar-refractivity contribution in [1.29, 1.82) is 0 Å². The lowest BCUT2D eigenvalue weighted by molar-refractivity contribution is -0.143. The summed E-state index contributed by atoms with van der Waals surface area (Å²) in [6.07, 6.45) is 0.890. The lowest BCUT2D eigenvalue weighted by atomic mass is 9.96. The molecule has 0 radical (unpaired) electrons. The van der Waals surface area contributed by atoms with Crippen LogP contribution in [0.4, 0.5) is 9.18 Å². The highest BCUT2D eigenvalue weighted by atomic mass is 19.1. The van der Waals surface area contributed by atoms with Crippen LogP contribution in [-0.2, 0) is 20.7 Å². The van der Waals surface area contributed by atoms with Gasteiger partial charge in [-0.1, -0.05) is 24.3 Å². The quantitative estimate of drug-likeness (QED) is 0.640. The van der Waals surface area contributed by atoms with E-state index in [9.17, 15) is 14.0 Å². The second-order valence-electron chi connectivity index (χ2n) is 6.95. The van der Waals surface area contributed by atoms with Gasteiger partial charge in [0, 0.05) is 18.2 Å². The molecule has 7 heteroatoms. The zero-order valence-corrected chi connectivity index (χ0v) is 15.8. The Kier molecular flexibility index (Phi) is 6.50. The molecule has 2 rings (SSSR count). The molecule has 27 heavy (non-hydrogen) atoms. The second kappa shape index (κ2) is 8.62. The average Bonchev–Trinajstić information content (AvgIpc) is 2.60. The maximum absolute atomic E-state index is 13.1. The lowest BCUT2D eigenvalue weighted by Crippen LogP contribution is -2.45. The number of benzene rings is 1. The maximum atomic E-state index is 13.1. The van der Waals surface area contributed by atoms with Crippen molar-refractivity contribution in [3.05, 3.63) is 54.1 Å². The van der Waals surface area contributed by atoms with Crippen molar-refractivity contribution in [1.82, 2.24) is 10.3 Å². The average molecular weight is 374 g/mol. The first kappa shape index (κ1) is 20.4. The van der Waals surface area contributed by atoms with Crippen LogP contribution in [0.2, 0.25) is 0 Å². The van der Waals surface area contributed by atoms with Crippen LogP contribution in [0.3, 0.4) is 0 Å². The van der Waals surface area contributed by atoms with Crippen molar-refractivity contribution < 1.29 is 23.5 Å². The molecule has 144 valence electrons. The van der Waals surface area contributed by atoms with Gasteiger partial charge in [-0.15, -0.1) is 0 Å². The van der Waals surface area contributed by atoms with Crippen molar-refractivity contribution >= 4 is 12.1 Å². The predicted octanol–water partition coefficient (Wildman–Crippen LogP) is 3.50. The monoisotopic (exact) mass is 374 g/mol. The van der Waals surface area contributed by atoms with E-state index >= 15 is 0 Å². The Hall–Kier alpha value is -2.96. The van der Waals surface area contributed by atoms with Gasteiger partial charge in [-0.05, 0) is 44.0 Å². The van der Waals surface area contributed by atoms with Crippen molar-refractivity contribution in [2.75, 3.05) is 7.11 Å². The summed E-state index contributed by atoms with van der Waals surface area (Å²) < 4.78 is 23.1. The van der Waals surface area contributed by atoms with E-state index in [0.29, 0.717) is 5.56 Å². The van der Waals surface area contributed by atoms with Gasteiger partial charge in [0.25, 0.3) is 0 Å². The largest absolute Gasteiger partial charge is 0.467 e. The molecule has 1 heterocycles. The van der Waals surface area contributed by atoms with E-state index < -0.39 is 29.7 Å². The fourth-order valence-corrected chi connectivity index (χ4v) is 2.52. The number of pyridine rings is 1. The van der Waals surface area contributed by atoms with Gasteiger partial charge in [-0.25, -0.2) is 14.6 Å². The number of hydrogen-bond donors (Lipinski definition) is 1. The van der Waals surface area contributed by atoms with Crippen molar-refractivity contribution in [3.63, 3.8) is 0 Å². The Labute approximate surface area is 157 Å². The number of amides is 1. The van der Waals surface area contributed by atoms with Crippen molar-refractivity contribution in [3.8, 4) is 11.1 Å². The molecule has 0 saturated heterocycles. The number of alkyl carbamates (subject to hydrolysis) is 1. The molecule has 1 atom stereocenters. The van der Waals surface area contributed by atoms with E-state index in [2.05, 4.69) is 10.3 Å². The van der Waals surface area contributed by atoms with Gasteiger partial charge in [0.1, 0.15) is 11.6 Å². The standard InChI is InChI=1S/C20H23FN2O4/c1-20(2,3)27-19(25)23-16(18(24)26-4)11-13-7-5-6-8-15(13)14-9-10-17(21)22-12-14/h5-10,12,16H,11H2,1-4H3,(H,23,25)/t16-/m0/s1. The van der Waals surface area contributed by atoms with Gasteiger partial charge in [-0.3, -0.25) is 0 Å². The molecule has 0 unspecified atom stereocenters. The van der Waals surface area contributed by atoms with Crippen molar-refractivity contribution in [2.45, 2.75) is 38.8 Å². The van der Waals surface area contributed by atoms with E-state index in [1.807, 2.05) is 24.3 Å². The number of hydrogen-bond acceptors (Lipinski definition) is 5. The number of ether oxygens (including phenoxy) is 2. The highest BCUT2D eigenvalue weighted by Gasteiger charge is 2.26. The molecule has 0 aliphatic heterocycles. The summed E-state index contributed by atoms with van der Waals surface area (Å²) in [7, 11) is 1.25. The summed E-state index contributed by atoms with van der Waals surface area (Å²) >= 11 is 0. The van der Waals surface area contributed by atoms with Crippen LogP contribution in [0.15, 0.2) is 42.6 Å². The minimum Gasteiger partial charge on any atom is -0.467 e. The Morgan fingerprint density at radius 1 is 1.19 bits per heavy atom. The molecular weight excluding hydrogens is 351 g/mol. The van der Waals surface area contributed by atoms with Crippen LogP contribution in [0.5, 0.6) is 0 Å². The molecule has 2 aromatic rings. The third-order valence-corrected chi connectivity index (χ3v) is 3.66. The number of rotatable bonds is 5. The van der Waals surface area contributed by atoms with Gasteiger partial charge in [0.05, 0.1) is 7.11 Å². The highest BCUT2D eigenvalue weighted by Crippen LogP contribution is 2.24. The summed E-state index contributed by atoms with van der Waals surface area (Å²) in [5.41, 5.74) is 1.57. The first-order valence-corrected chi connectivity index (χ1v) is 8.47. The molecule has 0 saturated carbocycles. The summed E-state index contributed by atoms with van der Waals surface area (Å²) in [6.45, 7) is 5.20. The summed E-state index contributed by atoms with van der Waals surface area (Å²) in [4.78, 5) is 27.9. The van der Waals surface area contributed by atoms with E-state index in [4.69, 9.17) is 9.47 Å². The van der Waals surface area contributed by atoms with Crippen LogP contribution >= 0.6 is 0 Å². The van der Waals surface area contributed by atoms with Gasteiger partial charge in [0.2, 0.25) is 5.95 Å². The molecule has 1 aromatic heterocycles. The van der Waals surface area contributed by atoms with Crippen LogP contribution in [0.1, 0.15) is 26.3 Å². The molecule has 0 spiro atoms. The minimum absolute atomic E-state index is 0.180. The smallest absolute Gasteiger partial charge is 0.408 e. The molecule has 0 fully saturated rings. The molecule has 1 N–H and O–H groups in total. The highest BCUT2D eigenvalue weighted by molar-refractivity contribution is 5.82. The second-order valence-corrected chi connectivity index (χ2v) is 6.95. The lowest BCUT2D eigenvalue weighted by Gasteiger charge is -2.23. The topological polar surface area (TPSA) is 77.5 Å². The fourth-order valence-electron chi connectivity index (χ4n) is 2.52. The zero-order chi connectivity index (χ0) is 20.0. The number of methoxy groups -OCH3 is 1. The van der Waals surface area contributed by atoms with Gasteiger partial charge >= 0.3 is 12.1 Å². The SMILES string of the molecule is COC(=O)[C@H](Cc1ccccc1-c1ccc(F)nc1)NC(=O)OC(C)(C)C. The number of halogens is 1. The normalized spacial score (nSPS) is 12.2. The summed E-state index contributed by atoms with van der Waals surface area (Å²) in [5, 5.41) is 2.55. The van der Waals surface area contributed by atoms with Gasteiger partial charge in [-0.2, -0.15) is 4.39 Å². The van der Waals surface area contributed by atoms with Crippen LogP contribution in [0, 0.1) is 5.95 Å². The zero-order valence-electron chi connectivity index (χ0n) is 15.8. The van der Waals surface area contributed by atoms with Gasteiger partial charge in [0.15, 0.2) is 0 Å². The van der Waals surface area contributed by atoms with Crippen LogP contribution in [-0.4, -0.2) is 35.8 Å². The van der Waals surface area contributed by atoms with Gasteiger partial charge < -0.3 is 14.8 Å². The molecule has 0 bridgehead atoms. The third-order valence-electron chi connectivity index (χ3n) is 3.66. The number of esters is 1. The van der Waals surface area contributed by atoms with Crippen molar-refractivity contribution in [2.24, 2.45) is 0 Å². The number of carbonyl (C=O) groups excluding carboxylic acids is 2. The maximum Gasteiger partial charge on any atom is 0.408 e. The number of nitrogens with zero attached hydrogens (tertiary/aromatic N) is 1. The van der Waals surface area contributed by atoms with E-state index in [0.717, 1.165) is 11.1 Å². The third kappa shape index (κ3) is 6.06. The number of carbonyl (C=O) groups is 2. The first-order valence-electron chi connectivity index (χ1n) is 8.47. The van der Waals surface area contributed by atoms with Crippen LogP contribution in [0.25, 0.3) is 11.1 Å². The molecule has 6 nitrogen and oxygen atoms in total. The molecular formula is C20H23FN2O4.